The molecule has 3 heterocycles. The number of carbonyl (C=O) groups is 1. The topological polar surface area (TPSA) is 110 Å². The number of azo groups is 1. The van der Waals surface area contributed by atoms with Crippen molar-refractivity contribution >= 4 is 22.8 Å². The van der Waals surface area contributed by atoms with Crippen molar-refractivity contribution in [2.75, 3.05) is 39.4 Å². The number of nitrogens with one attached hydrogen (secondary N) is 1. The number of carbonyl (C=O) groups excluding carboxylic acids is 1. The first-order valence-corrected chi connectivity index (χ1v) is 11.6. The molecule has 1 aliphatic rings. The zero-order chi connectivity index (χ0) is 23.9. The van der Waals surface area contributed by atoms with Crippen LogP contribution in [0.1, 0.15) is 15.9 Å². The van der Waals surface area contributed by atoms with Crippen LogP contribution < -0.4 is 5.32 Å². The maximum atomic E-state index is 12.6. The molecule has 0 radical (unpaired) electrons. The van der Waals surface area contributed by atoms with E-state index in [4.69, 9.17) is 4.74 Å². The van der Waals surface area contributed by atoms with E-state index in [1.807, 2.05) is 48.5 Å². The quantitative estimate of drug-likeness (QED) is 0.396. The van der Waals surface area contributed by atoms with E-state index in [0.29, 0.717) is 35.5 Å². The van der Waals surface area contributed by atoms with Gasteiger partial charge in [-0.1, -0.05) is 30.3 Å². The molecule has 178 valence electrons. The van der Waals surface area contributed by atoms with Crippen molar-refractivity contribution in [3.05, 3.63) is 78.2 Å². The lowest BCUT2D eigenvalue weighted by Gasteiger charge is -2.26. The van der Waals surface area contributed by atoms with Crippen molar-refractivity contribution in [3.8, 4) is 5.69 Å². The van der Waals surface area contributed by atoms with E-state index in [0.717, 1.165) is 44.1 Å². The van der Waals surface area contributed by atoms with Gasteiger partial charge in [-0.05, 0) is 29.8 Å². The first kappa shape index (κ1) is 22.8. The fraction of sp³-hybridized carbons (Fsp3) is 0.280. The summed E-state index contributed by atoms with van der Waals surface area (Å²) >= 11 is 0. The Labute approximate surface area is 202 Å². The average molecular weight is 471 g/mol. The Kier molecular flexibility index (Phi) is 7.11. The highest BCUT2D eigenvalue weighted by Crippen LogP contribution is 2.24. The third kappa shape index (κ3) is 5.56. The monoisotopic (exact) mass is 470 g/mol. The van der Waals surface area contributed by atoms with Crippen LogP contribution >= 0.6 is 0 Å². The summed E-state index contributed by atoms with van der Waals surface area (Å²) in [5.41, 5.74) is 3.06. The minimum Gasteiger partial charge on any atom is -0.379 e. The van der Waals surface area contributed by atoms with Gasteiger partial charge >= 0.3 is 0 Å². The summed E-state index contributed by atoms with van der Waals surface area (Å²) in [4.78, 5) is 23.5. The molecule has 1 N–H and O–H groups in total. The third-order valence-corrected chi connectivity index (χ3v) is 5.77. The predicted octanol–water partition coefficient (Wildman–Crippen LogP) is 3.16. The SMILES string of the molecule is O=C(NCCN1CCOCC1)c1cccc(CN=Nc2ncnc3c2cnn3-c2ccccc2)c1. The first-order chi connectivity index (χ1) is 17.3. The number of nitrogens with zero attached hydrogens (tertiary/aromatic N) is 7. The van der Waals surface area contributed by atoms with Crippen molar-refractivity contribution in [2.45, 2.75) is 6.54 Å². The molecule has 1 amide bonds. The van der Waals surface area contributed by atoms with Gasteiger partial charge in [-0.15, -0.1) is 5.11 Å². The molecule has 0 aliphatic carbocycles. The molecule has 10 heteroatoms. The Morgan fingerprint density at radius 2 is 1.91 bits per heavy atom. The molecule has 2 aromatic carbocycles. The minimum atomic E-state index is -0.0946. The van der Waals surface area contributed by atoms with E-state index in [2.05, 4.69) is 35.5 Å². The molecule has 0 unspecified atom stereocenters. The average Bonchev–Trinajstić information content (AvgIpc) is 3.35. The number of morpholine rings is 1. The zero-order valence-electron chi connectivity index (χ0n) is 19.2. The third-order valence-electron chi connectivity index (χ3n) is 5.77. The molecular formula is C25H26N8O2. The van der Waals surface area contributed by atoms with Crippen LogP contribution in [-0.2, 0) is 11.3 Å². The molecule has 0 atom stereocenters. The van der Waals surface area contributed by atoms with Gasteiger partial charge in [0.15, 0.2) is 11.5 Å². The summed E-state index contributed by atoms with van der Waals surface area (Å²) in [5, 5.41) is 16.8. The van der Waals surface area contributed by atoms with Crippen LogP contribution in [-0.4, -0.2) is 69.9 Å². The molecule has 1 fully saturated rings. The first-order valence-electron chi connectivity index (χ1n) is 11.6. The second-order valence-corrected chi connectivity index (χ2v) is 8.14. The summed E-state index contributed by atoms with van der Waals surface area (Å²) in [6, 6.07) is 17.2. The van der Waals surface area contributed by atoms with E-state index < -0.39 is 0 Å². The Hall–Kier alpha value is -4.02. The lowest BCUT2D eigenvalue weighted by molar-refractivity contribution is 0.0383. The van der Waals surface area contributed by atoms with Gasteiger partial charge in [0.25, 0.3) is 5.91 Å². The van der Waals surface area contributed by atoms with Crippen molar-refractivity contribution < 1.29 is 9.53 Å². The van der Waals surface area contributed by atoms with Gasteiger partial charge in [0.1, 0.15) is 6.33 Å². The van der Waals surface area contributed by atoms with Gasteiger partial charge in [0.2, 0.25) is 0 Å². The second-order valence-electron chi connectivity index (χ2n) is 8.14. The normalized spacial score (nSPS) is 14.5. The van der Waals surface area contributed by atoms with E-state index >= 15 is 0 Å². The largest absolute Gasteiger partial charge is 0.379 e. The molecule has 4 aromatic rings. The Morgan fingerprint density at radius 3 is 2.77 bits per heavy atom. The maximum absolute atomic E-state index is 12.6. The molecule has 0 saturated carbocycles. The van der Waals surface area contributed by atoms with E-state index in [9.17, 15) is 4.79 Å². The van der Waals surface area contributed by atoms with Gasteiger partial charge in [-0.2, -0.15) is 10.2 Å². The highest BCUT2D eigenvalue weighted by atomic mass is 16.5. The van der Waals surface area contributed by atoms with Crippen LogP contribution in [0.25, 0.3) is 16.7 Å². The lowest BCUT2D eigenvalue weighted by Crippen LogP contribution is -2.41. The molecule has 35 heavy (non-hydrogen) atoms. The fourth-order valence-corrected chi connectivity index (χ4v) is 3.92. The zero-order valence-corrected chi connectivity index (χ0v) is 19.2. The number of fused-ring (bicyclic) bond motifs is 1. The molecule has 5 rings (SSSR count). The van der Waals surface area contributed by atoms with E-state index in [1.165, 1.54) is 6.33 Å². The smallest absolute Gasteiger partial charge is 0.251 e. The molecule has 0 bridgehead atoms. The minimum absolute atomic E-state index is 0.0946. The van der Waals surface area contributed by atoms with Crippen molar-refractivity contribution in [3.63, 3.8) is 0 Å². The summed E-state index contributed by atoms with van der Waals surface area (Å²) in [7, 11) is 0. The van der Waals surface area contributed by atoms with E-state index in [1.54, 1.807) is 16.9 Å². The Bertz CT molecular complexity index is 1320. The predicted molar refractivity (Wildman–Crippen MR) is 131 cm³/mol. The van der Waals surface area contributed by atoms with Crippen molar-refractivity contribution in [1.29, 1.82) is 0 Å². The van der Waals surface area contributed by atoms with Gasteiger partial charge < -0.3 is 10.1 Å². The summed E-state index contributed by atoms with van der Waals surface area (Å²) < 4.78 is 7.10. The number of benzene rings is 2. The molecule has 0 spiro atoms. The van der Waals surface area contributed by atoms with Crippen LogP contribution in [0.5, 0.6) is 0 Å². The van der Waals surface area contributed by atoms with Crippen LogP contribution in [0.15, 0.2) is 77.3 Å². The molecule has 2 aromatic heterocycles. The van der Waals surface area contributed by atoms with Gasteiger partial charge in [0.05, 0.1) is 37.0 Å². The van der Waals surface area contributed by atoms with Gasteiger partial charge in [-0.25, -0.2) is 14.6 Å². The highest BCUT2D eigenvalue weighted by molar-refractivity contribution is 5.94. The molecule has 1 saturated heterocycles. The molecule has 1 aliphatic heterocycles. The lowest BCUT2D eigenvalue weighted by atomic mass is 10.1. The summed E-state index contributed by atoms with van der Waals surface area (Å²) in [6.07, 6.45) is 3.15. The number of hydrogen-bond donors (Lipinski definition) is 1. The van der Waals surface area contributed by atoms with Crippen LogP contribution in [0.4, 0.5) is 5.82 Å². The standard InChI is InChI=1S/C25H26N8O2/c34-25(26-9-10-32-11-13-35-14-12-32)20-6-4-5-19(15-20)16-29-31-23-22-17-30-33(24(22)28-18-27-23)21-7-2-1-3-8-21/h1-8,15,17-18H,9-14,16H2,(H,26,34). The molecular weight excluding hydrogens is 444 g/mol. The van der Waals surface area contributed by atoms with Crippen molar-refractivity contribution in [2.24, 2.45) is 10.2 Å². The fourth-order valence-electron chi connectivity index (χ4n) is 3.92. The van der Waals surface area contributed by atoms with Crippen molar-refractivity contribution in [1.82, 2.24) is 30.0 Å². The van der Waals surface area contributed by atoms with E-state index in [-0.39, 0.29) is 5.91 Å². The maximum Gasteiger partial charge on any atom is 0.251 e. The Balaban J connectivity index is 1.22. The summed E-state index contributed by atoms with van der Waals surface area (Å²) in [6.45, 7) is 5.05. The van der Waals surface area contributed by atoms with Gasteiger partial charge in [-0.3, -0.25) is 9.69 Å². The Morgan fingerprint density at radius 1 is 1.06 bits per heavy atom. The highest BCUT2D eigenvalue weighted by Gasteiger charge is 2.12. The number of hydrogen-bond acceptors (Lipinski definition) is 8. The van der Waals surface area contributed by atoms with Crippen LogP contribution in [0.3, 0.4) is 0 Å². The summed E-state index contributed by atoms with van der Waals surface area (Å²) in [5.74, 6) is 0.358. The van der Waals surface area contributed by atoms with Crippen LogP contribution in [0, 0.1) is 0 Å². The number of ether oxygens (including phenoxy) is 1. The van der Waals surface area contributed by atoms with Gasteiger partial charge in [0, 0.05) is 31.7 Å². The number of para-hydroxylation sites is 1. The van der Waals surface area contributed by atoms with Crippen LogP contribution in [0.2, 0.25) is 0 Å². The molecule has 10 nitrogen and oxygen atoms in total. The number of rotatable bonds is 8. The second kappa shape index (κ2) is 10.9. The number of aromatic nitrogens is 4. The number of amides is 1.